The van der Waals surface area contributed by atoms with E-state index in [2.05, 4.69) is 27.7 Å². The van der Waals surface area contributed by atoms with Crippen LogP contribution in [0.4, 0.5) is 0 Å². The quantitative estimate of drug-likeness (QED) is 0.105. The molecule has 1 unspecified atom stereocenters. The van der Waals surface area contributed by atoms with Crippen LogP contribution < -0.4 is 14.2 Å². The minimum Gasteiger partial charge on any atom is -0.493 e. The Morgan fingerprint density at radius 1 is 1.05 bits per heavy atom. The van der Waals surface area contributed by atoms with Crippen molar-refractivity contribution >= 4 is 12.0 Å². The van der Waals surface area contributed by atoms with Crippen LogP contribution in [0.25, 0.3) is 6.08 Å². The SMILES string of the molecule is CCCCC[C@@H]1C[C@]2(CO2)[C@@H](C2(C)O[C@@H]2CCC(C)C)[C@H](OC)[C@@H]1OC(=O)/C=C\c1cc(OC)c(OC)c(OC)c1. The molecule has 1 spiro atoms. The first-order valence-electron chi connectivity index (χ1n) is 15.2. The second-order valence-corrected chi connectivity index (χ2v) is 12.4. The summed E-state index contributed by atoms with van der Waals surface area (Å²) in [4.78, 5) is 13.3. The third-order valence-electron chi connectivity index (χ3n) is 9.21. The summed E-state index contributed by atoms with van der Waals surface area (Å²) < 4.78 is 41.5. The molecular weight excluding hydrogens is 524 g/mol. The Morgan fingerprint density at radius 3 is 2.27 bits per heavy atom. The molecule has 1 saturated carbocycles. The lowest BCUT2D eigenvalue weighted by Gasteiger charge is -2.46. The van der Waals surface area contributed by atoms with Gasteiger partial charge in [-0.1, -0.05) is 40.0 Å². The molecule has 8 heteroatoms. The van der Waals surface area contributed by atoms with E-state index < -0.39 is 5.97 Å². The zero-order chi connectivity index (χ0) is 29.8. The number of hydrogen-bond donors (Lipinski definition) is 0. The van der Waals surface area contributed by atoms with Gasteiger partial charge in [-0.05, 0) is 62.3 Å². The van der Waals surface area contributed by atoms with Gasteiger partial charge in [-0.2, -0.15) is 0 Å². The zero-order valence-electron chi connectivity index (χ0n) is 26.2. The molecule has 0 radical (unpaired) electrons. The normalized spacial score (nSPS) is 32.4. The molecule has 1 aromatic rings. The van der Waals surface area contributed by atoms with Gasteiger partial charge in [0.25, 0.3) is 0 Å². The monoisotopic (exact) mass is 574 g/mol. The number of ether oxygens (including phenoxy) is 7. The summed E-state index contributed by atoms with van der Waals surface area (Å²) in [7, 11) is 6.42. The summed E-state index contributed by atoms with van der Waals surface area (Å²) in [6.45, 7) is 9.59. The number of carbonyl (C=O) groups excluding carboxylic acids is 1. The van der Waals surface area contributed by atoms with Gasteiger partial charge >= 0.3 is 5.97 Å². The summed E-state index contributed by atoms with van der Waals surface area (Å²) in [5.74, 6) is 1.90. The number of hydrogen-bond acceptors (Lipinski definition) is 8. The highest BCUT2D eigenvalue weighted by molar-refractivity contribution is 5.87. The maximum absolute atomic E-state index is 13.3. The molecule has 2 aliphatic heterocycles. The summed E-state index contributed by atoms with van der Waals surface area (Å²) in [5, 5.41) is 0. The number of unbranched alkanes of at least 4 members (excludes halogenated alkanes) is 2. The highest BCUT2D eigenvalue weighted by Gasteiger charge is 2.73. The molecule has 0 amide bonds. The summed E-state index contributed by atoms with van der Waals surface area (Å²) in [5.41, 5.74) is 0.114. The first kappa shape index (κ1) is 31.6. The van der Waals surface area contributed by atoms with Crippen molar-refractivity contribution in [1.29, 1.82) is 0 Å². The van der Waals surface area contributed by atoms with Crippen LogP contribution in [0, 0.1) is 17.8 Å². The van der Waals surface area contributed by atoms with Crippen molar-refractivity contribution in [2.75, 3.05) is 35.0 Å². The van der Waals surface area contributed by atoms with Crippen LogP contribution in [0.2, 0.25) is 0 Å². The van der Waals surface area contributed by atoms with Crippen molar-refractivity contribution in [3.8, 4) is 17.2 Å². The van der Waals surface area contributed by atoms with E-state index in [1.807, 2.05) is 0 Å². The van der Waals surface area contributed by atoms with Crippen LogP contribution in [0.15, 0.2) is 18.2 Å². The molecule has 0 aromatic heterocycles. The fourth-order valence-electron chi connectivity index (χ4n) is 6.95. The Bertz CT molecular complexity index is 1040. The number of carbonyl (C=O) groups is 1. The maximum Gasteiger partial charge on any atom is 0.331 e. The first-order chi connectivity index (χ1) is 19.7. The molecular formula is C33H50O8. The van der Waals surface area contributed by atoms with Crippen molar-refractivity contribution in [2.24, 2.45) is 17.8 Å². The lowest BCUT2D eigenvalue weighted by atomic mass is 9.63. The molecule has 3 aliphatic rings. The molecule has 7 atom stereocenters. The molecule has 0 N–H and O–H groups in total. The van der Waals surface area contributed by atoms with E-state index in [9.17, 15) is 4.79 Å². The average Bonchev–Trinajstić information content (AvgIpc) is 3.87. The average molecular weight is 575 g/mol. The number of esters is 1. The molecule has 2 saturated heterocycles. The summed E-state index contributed by atoms with van der Waals surface area (Å²) in [6.07, 6.45) is 9.94. The Hall–Kier alpha value is -2.29. The number of rotatable bonds is 15. The topological polar surface area (TPSA) is 88.3 Å². The Kier molecular flexibility index (Phi) is 10.3. The van der Waals surface area contributed by atoms with Crippen molar-refractivity contribution in [2.45, 2.75) is 102 Å². The fraction of sp³-hybridized carbons (Fsp3) is 0.727. The van der Waals surface area contributed by atoms with Crippen LogP contribution in [-0.4, -0.2) is 70.5 Å². The second-order valence-electron chi connectivity index (χ2n) is 12.4. The predicted molar refractivity (Wildman–Crippen MR) is 158 cm³/mol. The van der Waals surface area contributed by atoms with E-state index in [1.54, 1.807) is 46.6 Å². The minimum atomic E-state index is -0.407. The van der Waals surface area contributed by atoms with Gasteiger partial charge in [-0.25, -0.2) is 4.79 Å². The molecule has 4 rings (SSSR count). The van der Waals surface area contributed by atoms with Gasteiger partial charge in [-0.3, -0.25) is 0 Å². The van der Waals surface area contributed by atoms with Gasteiger partial charge in [0, 0.05) is 19.1 Å². The molecule has 3 fully saturated rings. The predicted octanol–water partition coefficient (Wildman–Crippen LogP) is 6.23. The first-order valence-corrected chi connectivity index (χ1v) is 15.2. The van der Waals surface area contributed by atoms with Crippen LogP contribution in [0.3, 0.4) is 0 Å². The number of methoxy groups -OCH3 is 4. The van der Waals surface area contributed by atoms with Gasteiger partial charge in [0.2, 0.25) is 5.75 Å². The third kappa shape index (κ3) is 6.86. The third-order valence-corrected chi connectivity index (χ3v) is 9.21. The summed E-state index contributed by atoms with van der Waals surface area (Å²) >= 11 is 0. The van der Waals surface area contributed by atoms with Crippen LogP contribution in [0.5, 0.6) is 17.2 Å². The van der Waals surface area contributed by atoms with Crippen molar-refractivity contribution in [3.63, 3.8) is 0 Å². The van der Waals surface area contributed by atoms with E-state index in [4.69, 9.17) is 33.2 Å². The van der Waals surface area contributed by atoms with Crippen LogP contribution in [0.1, 0.15) is 78.2 Å². The van der Waals surface area contributed by atoms with E-state index in [1.165, 1.54) is 6.08 Å². The molecule has 0 bridgehead atoms. The molecule has 1 aliphatic carbocycles. The Morgan fingerprint density at radius 2 is 1.73 bits per heavy atom. The molecule has 8 nitrogen and oxygen atoms in total. The van der Waals surface area contributed by atoms with Gasteiger partial charge < -0.3 is 33.2 Å². The van der Waals surface area contributed by atoms with Crippen molar-refractivity contribution in [1.82, 2.24) is 0 Å². The van der Waals surface area contributed by atoms with E-state index >= 15 is 0 Å². The minimum absolute atomic E-state index is 0.00326. The standard InChI is InChI=1S/C33H50O8/c1-9-10-11-12-23-19-33(20-39-33)31(32(4)26(41-32)15-13-21(2)3)30(38-8)28(23)40-27(34)16-14-22-17-24(35-5)29(37-7)25(18-22)36-6/h14,16-18,21,23,26,28,30-31H,9-13,15,19-20H2,1-8H3/b16-14-/t23-,26-,28-,30-,31-,32?,33+/m1/s1. The van der Waals surface area contributed by atoms with Gasteiger partial charge in [0.05, 0.1) is 40.0 Å². The van der Waals surface area contributed by atoms with Gasteiger partial charge in [0.1, 0.15) is 23.4 Å². The van der Waals surface area contributed by atoms with Gasteiger partial charge in [0.15, 0.2) is 11.5 Å². The van der Waals surface area contributed by atoms with Crippen LogP contribution >= 0.6 is 0 Å². The Labute approximate surface area is 246 Å². The molecule has 2 heterocycles. The smallest absolute Gasteiger partial charge is 0.331 e. The van der Waals surface area contributed by atoms with Crippen molar-refractivity contribution < 1.29 is 38.0 Å². The fourth-order valence-corrected chi connectivity index (χ4v) is 6.95. The molecule has 1 aromatic carbocycles. The van der Waals surface area contributed by atoms with Gasteiger partial charge in [-0.15, -0.1) is 0 Å². The number of epoxide rings is 2. The van der Waals surface area contributed by atoms with E-state index in [-0.39, 0.29) is 41.3 Å². The molecule has 41 heavy (non-hydrogen) atoms. The maximum atomic E-state index is 13.3. The highest BCUT2D eigenvalue weighted by Crippen LogP contribution is 2.61. The van der Waals surface area contributed by atoms with Crippen molar-refractivity contribution in [3.05, 3.63) is 23.8 Å². The largest absolute Gasteiger partial charge is 0.493 e. The molecule has 230 valence electrons. The lowest BCUT2D eigenvalue weighted by molar-refractivity contribution is -0.179. The second kappa shape index (κ2) is 13.3. The highest BCUT2D eigenvalue weighted by atomic mass is 16.6. The zero-order valence-corrected chi connectivity index (χ0v) is 26.2. The Balaban J connectivity index is 1.56. The van der Waals surface area contributed by atoms with E-state index in [0.717, 1.165) is 50.5 Å². The summed E-state index contributed by atoms with van der Waals surface area (Å²) in [6, 6.07) is 3.59. The lowest BCUT2D eigenvalue weighted by Crippen LogP contribution is -2.59. The van der Waals surface area contributed by atoms with E-state index in [0.29, 0.717) is 29.8 Å². The number of benzene rings is 1. The van der Waals surface area contributed by atoms with Crippen LogP contribution in [-0.2, 0) is 23.7 Å².